The first-order valence-corrected chi connectivity index (χ1v) is 6.32. The van der Waals surface area contributed by atoms with Crippen LogP contribution in [0.15, 0.2) is 0 Å². The Morgan fingerprint density at radius 2 is 1.92 bits per heavy atom. The normalized spacial score (nSPS) is 15.1. The molecule has 0 aromatic carbocycles. The van der Waals surface area contributed by atoms with Crippen LogP contribution in [-0.2, 0) is 10.0 Å². The maximum absolute atomic E-state index is 10.9. The lowest BCUT2D eigenvalue weighted by atomic mass is 10.0. The summed E-state index contributed by atoms with van der Waals surface area (Å²) in [5, 5.41) is 0. The highest BCUT2D eigenvalue weighted by Gasteiger charge is 2.16. The molecule has 0 aliphatic rings. The summed E-state index contributed by atoms with van der Waals surface area (Å²) in [6.45, 7) is 3.94. The standard InChI is InChI=1S/C7H16ClNO2S/c1-6(2)7(4-5-8)9-12(3,10)11/h6-7,9H,4-5H2,1-3H3. The van der Waals surface area contributed by atoms with Crippen LogP contribution in [0.2, 0.25) is 0 Å². The predicted molar refractivity (Wildman–Crippen MR) is 51.9 cm³/mol. The van der Waals surface area contributed by atoms with E-state index in [2.05, 4.69) is 4.72 Å². The quantitative estimate of drug-likeness (QED) is 0.698. The summed E-state index contributed by atoms with van der Waals surface area (Å²) in [7, 11) is -3.10. The third-order valence-corrected chi connectivity index (χ3v) is 2.54. The molecule has 0 aromatic heterocycles. The summed E-state index contributed by atoms with van der Waals surface area (Å²) < 4.78 is 24.3. The Balaban J connectivity index is 4.14. The van der Waals surface area contributed by atoms with E-state index in [1.807, 2.05) is 13.8 Å². The van der Waals surface area contributed by atoms with Crippen molar-refractivity contribution in [1.29, 1.82) is 0 Å². The molecule has 5 heteroatoms. The molecule has 0 fully saturated rings. The van der Waals surface area contributed by atoms with E-state index in [0.717, 1.165) is 6.26 Å². The van der Waals surface area contributed by atoms with Crippen LogP contribution in [0, 0.1) is 5.92 Å². The van der Waals surface area contributed by atoms with Crippen molar-refractivity contribution < 1.29 is 8.42 Å². The van der Waals surface area contributed by atoms with E-state index >= 15 is 0 Å². The Bertz CT molecular complexity index is 213. The van der Waals surface area contributed by atoms with E-state index in [1.54, 1.807) is 0 Å². The van der Waals surface area contributed by atoms with Gasteiger partial charge >= 0.3 is 0 Å². The molecule has 0 aliphatic heterocycles. The van der Waals surface area contributed by atoms with Crippen molar-refractivity contribution in [2.45, 2.75) is 26.3 Å². The average molecular weight is 214 g/mol. The summed E-state index contributed by atoms with van der Waals surface area (Å²) in [6.07, 6.45) is 1.84. The van der Waals surface area contributed by atoms with Gasteiger partial charge in [-0.05, 0) is 12.3 Å². The zero-order chi connectivity index (χ0) is 9.78. The van der Waals surface area contributed by atoms with Gasteiger partial charge in [0.25, 0.3) is 0 Å². The minimum Gasteiger partial charge on any atom is -0.213 e. The molecule has 0 bridgehead atoms. The number of sulfonamides is 1. The fourth-order valence-electron chi connectivity index (χ4n) is 0.921. The Morgan fingerprint density at radius 1 is 1.42 bits per heavy atom. The SMILES string of the molecule is CC(C)C(CCCl)NS(C)(=O)=O. The maximum Gasteiger partial charge on any atom is 0.208 e. The highest BCUT2D eigenvalue weighted by Crippen LogP contribution is 2.07. The molecule has 0 rings (SSSR count). The number of halogens is 1. The van der Waals surface area contributed by atoms with Gasteiger partial charge in [0.15, 0.2) is 0 Å². The van der Waals surface area contributed by atoms with Crippen LogP contribution < -0.4 is 4.72 Å². The lowest BCUT2D eigenvalue weighted by Gasteiger charge is -2.19. The fraction of sp³-hybridized carbons (Fsp3) is 1.00. The molecule has 0 saturated heterocycles. The zero-order valence-corrected chi connectivity index (χ0v) is 9.24. The minimum atomic E-state index is -3.10. The van der Waals surface area contributed by atoms with Gasteiger partial charge in [-0.25, -0.2) is 13.1 Å². The van der Waals surface area contributed by atoms with E-state index in [0.29, 0.717) is 12.3 Å². The van der Waals surface area contributed by atoms with Crippen molar-refractivity contribution >= 4 is 21.6 Å². The molecule has 0 spiro atoms. The molecule has 3 nitrogen and oxygen atoms in total. The van der Waals surface area contributed by atoms with Crippen LogP contribution in [0.4, 0.5) is 0 Å². The molecule has 74 valence electrons. The van der Waals surface area contributed by atoms with Gasteiger partial charge in [-0.3, -0.25) is 0 Å². The summed E-state index contributed by atoms with van der Waals surface area (Å²) in [4.78, 5) is 0. The van der Waals surface area contributed by atoms with E-state index in [1.165, 1.54) is 0 Å². The predicted octanol–water partition coefficient (Wildman–Crippen LogP) is 1.19. The Morgan fingerprint density at radius 3 is 2.17 bits per heavy atom. The summed E-state index contributed by atoms with van der Waals surface area (Å²) >= 11 is 5.53. The maximum atomic E-state index is 10.9. The summed E-state index contributed by atoms with van der Waals surface area (Å²) in [6, 6.07) is -0.0440. The molecule has 0 radical (unpaired) electrons. The van der Waals surface area contributed by atoms with Crippen molar-refractivity contribution in [3.8, 4) is 0 Å². The van der Waals surface area contributed by atoms with Crippen molar-refractivity contribution in [1.82, 2.24) is 4.72 Å². The van der Waals surface area contributed by atoms with Crippen LogP contribution in [0.3, 0.4) is 0 Å². The Hall–Kier alpha value is 0.200. The number of alkyl halides is 1. The lowest BCUT2D eigenvalue weighted by molar-refractivity contribution is 0.440. The molecule has 0 aromatic rings. The number of hydrogen-bond acceptors (Lipinski definition) is 2. The second-order valence-corrected chi connectivity index (χ2v) is 5.38. The molecular weight excluding hydrogens is 198 g/mol. The topological polar surface area (TPSA) is 46.2 Å². The molecule has 12 heavy (non-hydrogen) atoms. The van der Waals surface area contributed by atoms with Gasteiger partial charge in [0, 0.05) is 11.9 Å². The van der Waals surface area contributed by atoms with Crippen LogP contribution in [0.1, 0.15) is 20.3 Å². The van der Waals surface area contributed by atoms with Crippen LogP contribution in [0.5, 0.6) is 0 Å². The van der Waals surface area contributed by atoms with Gasteiger partial charge in [0.1, 0.15) is 0 Å². The molecule has 0 saturated carbocycles. The molecule has 0 heterocycles. The van der Waals surface area contributed by atoms with Gasteiger partial charge in [0.05, 0.1) is 6.26 Å². The van der Waals surface area contributed by atoms with Gasteiger partial charge < -0.3 is 0 Å². The van der Waals surface area contributed by atoms with E-state index < -0.39 is 10.0 Å². The lowest BCUT2D eigenvalue weighted by Crippen LogP contribution is -2.38. The second-order valence-electron chi connectivity index (χ2n) is 3.22. The fourth-order valence-corrected chi connectivity index (χ4v) is 2.10. The first-order valence-electron chi connectivity index (χ1n) is 3.90. The van der Waals surface area contributed by atoms with Gasteiger partial charge in [0.2, 0.25) is 10.0 Å². The van der Waals surface area contributed by atoms with Gasteiger partial charge in [-0.1, -0.05) is 13.8 Å². The largest absolute Gasteiger partial charge is 0.213 e. The highest BCUT2D eigenvalue weighted by atomic mass is 35.5. The molecular formula is C7H16ClNO2S. The van der Waals surface area contributed by atoms with Gasteiger partial charge in [-0.2, -0.15) is 0 Å². The summed E-state index contributed by atoms with van der Waals surface area (Å²) in [5.41, 5.74) is 0. The number of rotatable bonds is 5. The molecule has 1 atom stereocenters. The van der Waals surface area contributed by atoms with Crippen molar-refractivity contribution in [2.24, 2.45) is 5.92 Å². The van der Waals surface area contributed by atoms with Crippen molar-refractivity contribution in [3.05, 3.63) is 0 Å². The minimum absolute atomic E-state index is 0.0440. The second kappa shape index (κ2) is 5.04. The van der Waals surface area contributed by atoms with E-state index in [4.69, 9.17) is 11.6 Å². The molecule has 1 N–H and O–H groups in total. The first-order chi connectivity index (χ1) is 5.37. The van der Waals surface area contributed by atoms with E-state index in [-0.39, 0.29) is 12.0 Å². The van der Waals surface area contributed by atoms with E-state index in [9.17, 15) is 8.42 Å². The molecule has 0 aliphatic carbocycles. The van der Waals surface area contributed by atoms with Crippen LogP contribution in [-0.4, -0.2) is 26.6 Å². The van der Waals surface area contributed by atoms with Crippen LogP contribution >= 0.6 is 11.6 Å². The zero-order valence-electron chi connectivity index (χ0n) is 7.67. The summed E-state index contributed by atoms with van der Waals surface area (Å²) in [5.74, 6) is 0.754. The monoisotopic (exact) mass is 213 g/mol. The van der Waals surface area contributed by atoms with Gasteiger partial charge in [-0.15, -0.1) is 11.6 Å². The van der Waals surface area contributed by atoms with Crippen molar-refractivity contribution in [2.75, 3.05) is 12.1 Å². The average Bonchev–Trinajstić information content (AvgIpc) is 1.83. The third-order valence-electron chi connectivity index (χ3n) is 1.59. The first kappa shape index (κ1) is 12.2. The highest BCUT2D eigenvalue weighted by molar-refractivity contribution is 7.88. The molecule has 1 unspecified atom stereocenters. The van der Waals surface area contributed by atoms with Crippen molar-refractivity contribution in [3.63, 3.8) is 0 Å². The smallest absolute Gasteiger partial charge is 0.208 e. The van der Waals surface area contributed by atoms with Crippen LogP contribution in [0.25, 0.3) is 0 Å². The molecule has 0 amide bonds. The number of hydrogen-bond donors (Lipinski definition) is 1. The number of nitrogens with one attached hydrogen (secondary N) is 1. The Kier molecular flexibility index (Phi) is 5.13. The third kappa shape index (κ3) is 5.80. The Labute approximate surface area is 79.5 Å².